The molecule has 0 radical (unpaired) electrons. The molecule has 0 aliphatic carbocycles. The molecule has 34 heavy (non-hydrogen) atoms. The van der Waals surface area contributed by atoms with Crippen LogP contribution in [0.25, 0.3) is 10.1 Å². The molecule has 0 saturated carbocycles. The van der Waals surface area contributed by atoms with Crippen molar-refractivity contribution in [3.05, 3.63) is 70.6 Å². The molecule has 184 valence electrons. The van der Waals surface area contributed by atoms with Crippen LogP contribution < -0.4 is 10.8 Å². The highest BCUT2D eigenvalue weighted by Crippen LogP contribution is 2.25. The van der Waals surface area contributed by atoms with Crippen molar-refractivity contribution in [3.63, 3.8) is 0 Å². The summed E-state index contributed by atoms with van der Waals surface area (Å²) in [5, 5.41) is 6.45. The van der Waals surface area contributed by atoms with E-state index in [-0.39, 0.29) is 5.91 Å². The maximum Gasteiger partial charge on any atom is 0.251 e. The number of amides is 1. The number of unbranched alkanes of at least 4 members (excludes halogenated alkanes) is 9. The summed E-state index contributed by atoms with van der Waals surface area (Å²) in [6, 6.07) is 16.1. The van der Waals surface area contributed by atoms with Crippen molar-refractivity contribution >= 4 is 27.3 Å². The summed E-state index contributed by atoms with van der Waals surface area (Å²) >= 11 is 1.74. The minimum atomic E-state index is 0.0102. The Bertz CT molecular complexity index is 968. The Hall–Kier alpha value is -2.21. The van der Waals surface area contributed by atoms with E-state index in [0.717, 1.165) is 18.5 Å². The summed E-state index contributed by atoms with van der Waals surface area (Å²) in [6.45, 7) is 4.15. The van der Waals surface area contributed by atoms with Crippen molar-refractivity contribution in [2.45, 2.75) is 84.3 Å². The predicted molar refractivity (Wildman–Crippen MR) is 144 cm³/mol. The lowest BCUT2D eigenvalue weighted by atomic mass is 10.1. The van der Waals surface area contributed by atoms with Gasteiger partial charge in [-0.2, -0.15) is 5.48 Å². The molecule has 1 aromatic heterocycles. The Morgan fingerprint density at radius 2 is 1.53 bits per heavy atom. The number of thiophene rings is 1. The van der Waals surface area contributed by atoms with Gasteiger partial charge in [0.05, 0.1) is 6.61 Å². The number of nitrogens with one attached hydrogen (secondary N) is 2. The first-order valence-corrected chi connectivity index (χ1v) is 13.8. The molecule has 0 saturated heterocycles. The van der Waals surface area contributed by atoms with Gasteiger partial charge in [0.15, 0.2) is 0 Å². The summed E-state index contributed by atoms with van der Waals surface area (Å²) in [6.07, 6.45) is 13.0. The third-order valence-electron chi connectivity index (χ3n) is 6.20. The molecule has 1 heterocycles. The zero-order valence-corrected chi connectivity index (χ0v) is 21.4. The lowest BCUT2D eigenvalue weighted by molar-refractivity contribution is 0.0243. The smallest absolute Gasteiger partial charge is 0.251 e. The summed E-state index contributed by atoms with van der Waals surface area (Å²) < 4.78 is 1.28. The van der Waals surface area contributed by atoms with Crippen LogP contribution >= 0.6 is 11.3 Å². The third kappa shape index (κ3) is 9.21. The SMILES string of the molecule is CCCCCCCCCCCCNC(=O)c1ccc(CNOCc2csc3ccccc23)cc1. The van der Waals surface area contributed by atoms with Crippen LogP contribution in [0.3, 0.4) is 0 Å². The highest BCUT2D eigenvalue weighted by molar-refractivity contribution is 7.17. The van der Waals surface area contributed by atoms with E-state index in [2.05, 4.69) is 47.4 Å². The van der Waals surface area contributed by atoms with E-state index >= 15 is 0 Å². The van der Waals surface area contributed by atoms with Gasteiger partial charge >= 0.3 is 0 Å². The van der Waals surface area contributed by atoms with E-state index in [4.69, 9.17) is 4.84 Å². The molecule has 0 aliphatic rings. The number of carbonyl (C=O) groups is 1. The van der Waals surface area contributed by atoms with Gasteiger partial charge in [-0.05, 0) is 46.5 Å². The summed E-state index contributed by atoms with van der Waals surface area (Å²) in [5.41, 5.74) is 6.02. The van der Waals surface area contributed by atoms with Gasteiger partial charge in [0.2, 0.25) is 0 Å². The fourth-order valence-electron chi connectivity index (χ4n) is 4.10. The second-order valence-corrected chi connectivity index (χ2v) is 9.91. The van der Waals surface area contributed by atoms with Crippen molar-refractivity contribution in [1.29, 1.82) is 0 Å². The lowest BCUT2D eigenvalue weighted by Crippen LogP contribution is -2.24. The van der Waals surface area contributed by atoms with Crippen molar-refractivity contribution in [3.8, 4) is 0 Å². The van der Waals surface area contributed by atoms with Crippen molar-refractivity contribution in [2.75, 3.05) is 6.54 Å². The van der Waals surface area contributed by atoms with Gasteiger partial charge in [-0.3, -0.25) is 9.63 Å². The molecule has 0 atom stereocenters. The molecule has 2 aromatic carbocycles. The van der Waals surface area contributed by atoms with E-state index in [1.165, 1.54) is 73.4 Å². The Kier molecular flexibility index (Phi) is 12.1. The van der Waals surface area contributed by atoms with Crippen LogP contribution in [0.5, 0.6) is 0 Å². The Labute approximate surface area is 209 Å². The molecule has 0 fully saturated rings. The number of rotatable bonds is 17. The molecular formula is C29H40N2O2S. The number of benzene rings is 2. The van der Waals surface area contributed by atoms with Gasteiger partial charge < -0.3 is 5.32 Å². The molecule has 0 aliphatic heterocycles. The first kappa shape index (κ1) is 26.4. The fraction of sp³-hybridized carbons (Fsp3) is 0.483. The third-order valence-corrected chi connectivity index (χ3v) is 7.21. The maximum absolute atomic E-state index is 12.4. The molecule has 1 amide bonds. The molecule has 2 N–H and O–H groups in total. The molecule has 3 aromatic rings. The topological polar surface area (TPSA) is 50.4 Å². The van der Waals surface area contributed by atoms with Crippen LogP contribution in [0.4, 0.5) is 0 Å². The molecule has 0 unspecified atom stereocenters. The molecule has 4 nitrogen and oxygen atoms in total. The van der Waals surface area contributed by atoms with Gasteiger partial charge in [0.1, 0.15) is 0 Å². The summed E-state index contributed by atoms with van der Waals surface area (Å²) in [4.78, 5) is 18.0. The van der Waals surface area contributed by atoms with E-state index in [1.54, 1.807) is 11.3 Å². The van der Waals surface area contributed by atoms with Crippen molar-refractivity contribution in [2.24, 2.45) is 0 Å². The quantitative estimate of drug-likeness (QED) is 0.153. The zero-order valence-electron chi connectivity index (χ0n) is 20.6. The normalized spacial score (nSPS) is 11.2. The second kappa shape index (κ2) is 15.6. The van der Waals surface area contributed by atoms with Crippen LogP contribution in [0.2, 0.25) is 0 Å². The maximum atomic E-state index is 12.4. The van der Waals surface area contributed by atoms with E-state index in [1.807, 2.05) is 24.3 Å². The minimum absolute atomic E-state index is 0.0102. The summed E-state index contributed by atoms with van der Waals surface area (Å²) in [5.74, 6) is 0.0102. The zero-order chi connectivity index (χ0) is 23.8. The lowest BCUT2D eigenvalue weighted by Gasteiger charge is -2.08. The highest BCUT2D eigenvalue weighted by atomic mass is 32.1. The van der Waals surface area contributed by atoms with Crippen LogP contribution in [0.1, 0.15) is 92.6 Å². The Morgan fingerprint density at radius 3 is 2.26 bits per heavy atom. The average Bonchev–Trinajstić information content (AvgIpc) is 3.28. The van der Waals surface area contributed by atoms with Crippen molar-refractivity contribution in [1.82, 2.24) is 10.8 Å². The minimum Gasteiger partial charge on any atom is -0.352 e. The van der Waals surface area contributed by atoms with Gasteiger partial charge in [0.25, 0.3) is 5.91 Å². The molecule has 3 rings (SSSR count). The van der Waals surface area contributed by atoms with Crippen LogP contribution in [0, 0.1) is 0 Å². The first-order chi connectivity index (χ1) is 16.8. The monoisotopic (exact) mass is 480 g/mol. The van der Waals surface area contributed by atoms with Gasteiger partial charge in [-0.25, -0.2) is 0 Å². The van der Waals surface area contributed by atoms with Gasteiger partial charge in [-0.1, -0.05) is 95.0 Å². The predicted octanol–water partition coefficient (Wildman–Crippen LogP) is 7.77. The van der Waals surface area contributed by atoms with Crippen LogP contribution in [-0.4, -0.2) is 12.5 Å². The van der Waals surface area contributed by atoms with E-state index in [9.17, 15) is 4.79 Å². The Balaban J connectivity index is 1.23. The van der Waals surface area contributed by atoms with E-state index < -0.39 is 0 Å². The molecular weight excluding hydrogens is 440 g/mol. The second-order valence-electron chi connectivity index (χ2n) is 9.00. The van der Waals surface area contributed by atoms with Crippen LogP contribution in [0.15, 0.2) is 53.9 Å². The summed E-state index contributed by atoms with van der Waals surface area (Å²) in [7, 11) is 0. The molecule has 5 heteroatoms. The van der Waals surface area contributed by atoms with Crippen molar-refractivity contribution < 1.29 is 9.63 Å². The number of carbonyl (C=O) groups excluding carboxylic acids is 1. The number of hydrogen-bond donors (Lipinski definition) is 2. The van der Waals surface area contributed by atoms with Crippen LogP contribution in [-0.2, 0) is 18.0 Å². The largest absolute Gasteiger partial charge is 0.352 e. The number of hydrogen-bond acceptors (Lipinski definition) is 4. The molecule has 0 bridgehead atoms. The standard InChI is InChI=1S/C29H40N2O2S/c1-2-3-4-5-6-7-8-9-10-13-20-30-29(32)25-18-16-24(17-19-25)21-31-33-22-26-23-34-28-15-12-11-14-27(26)28/h11-12,14-19,23,31H,2-10,13,20-22H2,1H3,(H,30,32). The number of hydroxylamine groups is 1. The average molecular weight is 481 g/mol. The van der Waals surface area contributed by atoms with Gasteiger partial charge in [0, 0.05) is 23.4 Å². The fourth-order valence-corrected chi connectivity index (χ4v) is 5.05. The van der Waals surface area contributed by atoms with Gasteiger partial charge in [-0.15, -0.1) is 11.3 Å². The molecule has 0 spiro atoms. The highest BCUT2D eigenvalue weighted by Gasteiger charge is 2.06. The first-order valence-electron chi connectivity index (χ1n) is 12.9. The Morgan fingerprint density at radius 1 is 0.853 bits per heavy atom. The van der Waals surface area contributed by atoms with E-state index in [0.29, 0.717) is 18.7 Å². The number of fused-ring (bicyclic) bond motifs is 1.